The van der Waals surface area contributed by atoms with E-state index < -0.39 is 0 Å². The Hall–Kier alpha value is -1.13. The maximum atomic E-state index is 11.8. The molecule has 1 rings (SSSR count). The van der Waals surface area contributed by atoms with Gasteiger partial charge in [-0.15, -0.1) is 0 Å². The van der Waals surface area contributed by atoms with Crippen LogP contribution in [0.3, 0.4) is 0 Å². The van der Waals surface area contributed by atoms with Crippen molar-refractivity contribution in [2.45, 2.75) is 19.8 Å². The van der Waals surface area contributed by atoms with Crippen LogP contribution in [-0.2, 0) is 4.79 Å². The molecule has 5 heteroatoms. The minimum Gasteiger partial charge on any atom is -0.330 e. The number of carbonyl (C=O) groups excluding carboxylic acids is 1. The van der Waals surface area contributed by atoms with Gasteiger partial charge in [0.05, 0.1) is 11.6 Å². The molecular formula is C11H16ClN3O. The van der Waals surface area contributed by atoms with Crippen molar-refractivity contribution in [1.29, 1.82) is 0 Å². The molecule has 0 radical (unpaired) electrons. The van der Waals surface area contributed by atoms with Crippen LogP contribution in [0.2, 0.25) is 5.15 Å². The van der Waals surface area contributed by atoms with E-state index in [9.17, 15) is 4.79 Å². The van der Waals surface area contributed by atoms with Crippen molar-refractivity contribution in [3.63, 3.8) is 0 Å². The number of aromatic nitrogens is 1. The summed E-state index contributed by atoms with van der Waals surface area (Å²) in [6.45, 7) is 2.37. The number of hydrogen-bond donors (Lipinski definition) is 2. The van der Waals surface area contributed by atoms with Crippen LogP contribution in [0.1, 0.15) is 19.8 Å². The van der Waals surface area contributed by atoms with Crippen LogP contribution >= 0.6 is 11.6 Å². The zero-order valence-corrected chi connectivity index (χ0v) is 10.00. The maximum absolute atomic E-state index is 11.8. The summed E-state index contributed by atoms with van der Waals surface area (Å²) >= 11 is 5.84. The minimum atomic E-state index is -0.165. The normalized spacial score (nSPS) is 12.2. The van der Waals surface area contributed by atoms with E-state index in [0.717, 1.165) is 12.8 Å². The van der Waals surface area contributed by atoms with Gasteiger partial charge in [-0.25, -0.2) is 4.98 Å². The number of carbonyl (C=O) groups is 1. The van der Waals surface area contributed by atoms with Crippen LogP contribution in [0.15, 0.2) is 18.3 Å². The molecule has 16 heavy (non-hydrogen) atoms. The molecule has 1 aromatic heterocycles. The Morgan fingerprint density at radius 1 is 1.69 bits per heavy atom. The van der Waals surface area contributed by atoms with Gasteiger partial charge in [0.25, 0.3) is 0 Å². The molecule has 1 heterocycles. The second-order valence-electron chi connectivity index (χ2n) is 3.55. The number of halogens is 1. The molecule has 0 aliphatic heterocycles. The van der Waals surface area contributed by atoms with Crippen molar-refractivity contribution >= 4 is 23.2 Å². The molecule has 0 aliphatic carbocycles. The number of amides is 1. The fraction of sp³-hybridized carbons (Fsp3) is 0.455. The number of anilines is 1. The number of nitrogens with two attached hydrogens (primary N) is 1. The predicted molar refractivity (Wildman–Crippen MR) is 65.3 cm³/mol. The van der Waals surface area contributed by atoms with Crippen molar-refractivity contribution in [2.75, 3.05) is 11.9 Å². The highest BCUT2D eigenvalue weighted by atomic mass is 35.5. The highest BCUT2D eigenvalue weighted by Gasteiger charge is 2.16. The summed E-state index contributed by atoms with van der Waals surface area (Å²) in [7, 11) is 0. The first-order valence-corrected chi connectivity index (χ1v) is 5.68. The van der Waals surface area contributed by atoms with Gasteiger partial charge >= 0.3 is 0 Å². The fourth-order valence-electron chi connectivity index (χ4n) is 1.42. The van der Waals surface area contributed by atoms with Crippen LogP contribution in [-0.4, -0.2) is 17.4 Å². The molecule has 88 valence electrons. The summed E-state index contributed by atoms with van der Waals surface area (Å²) in [6, 6.07) is 3.44. The van der Waals surface area contributed by atoms with Gasteiger partial charge in [0.2, 0.25) is 5.91 Å². The van der Waals surface area contributed by atoms with E-state index in [1.807, 2.05) is 6.92 Å². The van der Waals surface area contributed by atoms with Gasteiger partial charge in [-0.2, -0.15) is 0 Å². The third-order valence-electron chi connectivity index (χ3n) is 2.31. The van der Waals surface area contributed by atoms with E-state index in [1.165, 1.54) is 0 Å². The molecule has 1 atom stereocenters. The molecule has 0 bridgehead atoms. The van der Waals surface area contributed by atoms with Crippen molar-refractivity contribution in [3.8, 4) is 0 Å². The van der Waals surface area contributed by atoms with Gasteiger partial charge in [0.15, 0.2) is 5.15 Å². The number of pyridine rings is 1. The second-order valence-corrected chi connectivity index (χ2v) is 3.91. The lowest BCUT2D eigenvalue weighted by atomic mass is 10.0. The summed E-state index contributed by atoms with van der Waals surface area (Å²) in [5.41, 5.74) is 6.07. The highest BCUT2D eigenvalue weighted by Crippen LogP contribution is 2.18. The van der Waals surface area contributed by atoms with E-state index in [0.29, 0.717) is 17.4 Å². The van der Waals surface area contributed by atoms with Crippen molar-refractivity contribution in [1.82, 2.24) is 4.98 Å². The van der Waals surface area contributed by atoms with Crippen LogP contribution < -0.4 is 11.1 Å². The SMILES string of the molecule is CCCC(CN)C(=O)Nc1cccnc1Cl. The van der Waals surface area contributed by atoms with Crippen molar-refractivity contribution in [2.24, 2.45) is 11.7 Å². The molecule has 1 unspecified atom stereocenters. The lowest BCUT2D eigenvalue weighted by Gasteiger charge is -2.14. The summed E-state index contributed by atoms with van der Waals surface area (Å²) in [4.78, 5) is 15.7. The van der Waals surface area contributed by atoms with E-state index in [2.05, 4.69) is 10.3 Å². The zero-order chi connectivity index (χ0) is 12.0. The summed E-state index contributed by atoms with van der Waals surface area (Å²) in [5, 5.41) is 3.03. The lowest BCUT2D eigenvalue weighted by Crippen LogP contribution is -2.29. The van der Waals surface area contributed by atoms with Gasteiger partial charge in [-0.1, -0.05) is 24.9 Å². The van der Waals surface area contributed by atoms with Crippen LogP contribution in [0.4, 0.5) is 5.69 Å². The summed E-state index contributed by atoms with van der Waals surface area (Å²) < 4.78 is 0. The average Bonchev–Trinajstić information content (AvgIpc) is 2.29. The smallest absolute Gasteiger partial charge is 0.228 e. The Labute approximate surface area is 100 Å². The number of nitrogens with zero attached hydrogens (tertiary/aromatic N) is 1. The van der Waals surface area contributed by atoms with Crippen LogP contribution in [0.25, 0.3) is 0 Å². The maximum Gasteiger partial charge on any atom is 0.228 e. The van der Waals surface area contributed by atoms with E-state index in [1.54, 1.807) is 18.3 Å². The monoisotopic (exact) mass is 241 g/mol. The van der Waals surface area contributed by atoms with E-state index in [-0.39, 0.29) is 11.8 Å². The molecule has 0 aromatic carbocycles. The molecule has 0 fully saturated rings. The predicted octanol–water partition coefficient (Wildman–Crippen LogP) is 2.05. The van der Waals surface area contributed by atoms with Gasteiger partial charge in [0, 0.05) is 12.7 Å². The minimum absolute atomic E-state index is 0.0979. The topological polar surface area (TPSA) is 68.0 Å². The van der Waals surface area contributed by atoms with Gasteiger partial charge in [-0.05, 0) is 18.6 Å². The van der Waals surface area contributed by atoms with Gasteiger partial charge < -0.3 is 11.1 Å². The van der Waals surface area contributed by atoms with Gasteiger partial charge in [-0.3, -0.25) is 4.79 Å². The van der Waals surface area contributed by atoms with E-state index >= 15 is 0 Å². The first-order chi connectivity index (χ1) is 7.69. The largest absolute Gasteiger partial charge is 0.330 e. The van der Waals surface area contributed by atoms with E-state index in [4.69, 9.17) is 17.3 Å². The molecule has 0 aliphatic rings. The standard InChI is InChI=1S/C11H16ClN3O/c1-2-4-8(7-13)11(16)15-9-5-3-6-14-10(9)12/h3,5-6,8H,2,4,7,13H2,1H3,(H,15,16). The van der Waals surface area contributed by atoms with Gasteiger partial charge in [0.1, 0.15) is 0 Å². The molecule has 4 nitrogen and oxygen atoms in total. The Balaban J connectivity index is 2.66. The number of rotatable bonds is 5. The molecule has 1 amide bonds. The lowest BCUT2D eigenvalue weighted by molar-refractivity contribution is -0.119. The summed E-state index contributed by atoms with van der Waals surface area (Å²) in [5.74, 6) is -0.263. The Kier molecular flexibility index (Phi) is 5.22. The Morgan fingerprint density at radius 2 is 2.44 bits per heavy atom. The van der Waals surface area contributed by atoms with Crippen molar-refractivity contribution in [3.05, 3.63) is 23.5 Å². The number of nitrogens with one attached hydrogen (secondary N) is 1. The highest BCUT2D eigenvalue weighted by molar-refractivity contribution is 6.32. The van der Waals surface area contributed by atoms with Crippen LogP contribution in [0.5, 0.6) is 0 Å². The molecule has 1 aromatic rings. The quantitative estimate of drug-likeness (QED) is 0.776. The fourth-order valence-corrected chi connectivity index (χ4v) is 1.59. The number of hydrogen-bond acceptors (Lipinski definition) is 3. The first-order valence-electron chi connectivity index (χ1n) is 5.30. The molecule has 0 saturated heterocycles. The Morgan fingerprint density at radius 3 is 3.00 bits per heavy atom. The Bertz CT molecular complexity index is 357. The first kappa shape index (κ1) is 12.9. The average molecular weight is 242 g/mol. The van der Waals surface area contributed by atoms with Crippen LogP contribution in [0, 0.1) is 5.92 Å². The zero-order valence-electron chi connectivity index (χ0n) is 9.24. The molecular weight excluding hydrogens is 226 g/mol. The van der Waals surface area contributed by atoms with Crippen molar-refractivity contribution < 1.29 is 4.79 Å². The third kappa shape index (κ3) is 3.47. The molecule has 0 spiro atoms. The summed E-state index contributed by atoms with van der Waals surface area (Å²) in [6.07, 6.45) is 3.28. The molecule has 0 saturated carbocycles. The molecule has 3 N–H and O–H groups in total. The second kappa shape index (κ2) is 6.45. The third-order valence-corrected chi connectivity index (χ3v) is 2.61.